The summed E-state index contributed by atoms with van der Waals surface area (Å²) in [6.07, 6.45) is 5.42. The second kappa shape index (κ2) is 4.97. The third-order valence-electron chi connectivity index (χ3n) is 3.27. The normalized spacial score (nSPS) is 22.1. The third-order valence-corrected chi connectivity index (χ3v) is 3.27. The molecule has 1 aromatic heterocycles. The van der Waals surface area contributed by atoms with Gasteiger partial charge in [0, 0.05) is 43.5 Å². The third kappa shape index (κ3) is 2.62. The summed E-state index contributed by atoms with van der Waals surface area (Å²) in [5, 5.41) is 7.71. The summed E-state index contributed by atoms with van der Waals surface area (Å²) in [5.41, 5.74) is 1.32. The van der Waals surface area contributed by atoms with Crippen molar-refractivity contribution in [1.29, 1.82) is 0 Å². The molecule has 0 aromatic carbocycles. The number of likely N-dealkylation sites (tertiary alicyclic amines) is 1. The average Bonchev–Trinajstić information content (AvgIpc) is 2.87. The molecule has 4 heteroatoms. The highest BCUT2D eigenvalue weighted by atomic mass is 15.3. The number of rotatable bonds is 4. The summed E-state index contributed by atoms with van der Waals surface area (Å²) in [7, 11) is 2.05. The van der Waals surface area contributed by atoms with Crippen molar-refractivity contribution >= 4 is 0 Å². The molecule has 1 fully saturated rings. The molecule has 2 heterocycles. The molecule has 1 aliphatic heterocycles. The summed E-state index contributed by atoms with van der Waals surface area (Å²) in [6.45, 7) is 7.69. The van der Waals surface area contributed by atoms with E-state index in [4.69, 9.17) is 0 Å². The zero-order valence-corrected chi connectivity index (χ0v) is 10.5. The van der Waals surface area contributed by atoms with E-state index in [1.54, 1.807) is 0 Å². The van der Waals surface area contributed by atoms with Gasteiger partial charge in [0.05, 0.1) is 6.20 Å². The molecule has 0 spiro atoms. The van der Waals surface area contributed by atoms with E-state index in [0.29, 0.717) is 12.1 Å². The van der Waals surface area contributed by atoms with E-state index in [9.17, 15) is 0 Å². The lowest BCUT2D eigenvalue weighted by molar-refractivity contribution is 0.322. The van der Waals surface area contributed by atoms with Gasteiger partial charge < -0.3 is 5.32 Å². The Morgan fingerprint density at radius 3 is 2.94 bits per heavy atom. The van der Waals surface area contributed by atoms with Gasteiger partial charge in [0.2, 0.25) is 0 Å². The van der Waals surface area contributed by atoms with Gasteiger partial charge in [0.15, 0.2) is 0 Å². The molecule has 0 amide bonds. The van der Waals surface area contributed by atoms with Crippen molar-refractivity contribution in [2.75, 3.05) is 20.1 Å². The Morgan fingerprint density at radius 2 is 2.38 bits per heavy atom. The molecule has 1 aromatic rings. The molecule has 90 valence electrons. The topological polar surface area (TPSA) is 33.1 Å². The maximum atomic E-state index is 4.37. The maximum Gasteiger partial charge on any atom is 0.0534 e. The first-order valence-corrected chi connectivity index (χ1v) is 6.11. The van der Waals surface area contributed by atoms with E-state index < -0.39 is 0 Å². The summed E-state index contributed by atoms with van der Waals surface area (Å²) in [5.74, 6) is 0. The molecule has 0 bridgehead atoms. The largest absolute Gasteiger partial charge is 0.316 e. The molecule has 1 saturated heterocycles. The van der Waals surface area contributed by atoms with Gasteiger partial charge in [-0.05, 0) is 27.3 Å². The Morgan fingerprint density at radius 1 is 1.56 bits per heavy atom. The lowest BCUT2D eigenvalue weighted by Gasteiger charge is -2.14. The summed E-state index contributed by atoms with van der Waals surface area (Å²) >= 11 is 0. The van der Waals surface area contributed by atoms with Crippen LogP contribution in [0.1, 0.15) is 31.9 Å². The smallest absolute Gasteiger partial charge is 0.0534 e. The van der Waals surface area contributed by atoms with E-state index in [-0.39, 0.29) is 0 Å². The Labute approximate surface area is 97.6 Å². The van der Waals surface area contributed by atoms with Gasteiger partial charge in [-0.1, -0.05) is 0 Å². The number of nitrogens with one attached hydrogen (secondary N) is 1. The van der Waals surface area contributed by atoms with Crippen LogP contribution in [0.2, 0.25) is 0 Å². The molecular weight excluding hydrogens is 200 g/mol. The van der Waals surface area contributed by atoms with Crippen LogP contribution in [0.3, 0.4) is 0 Å². The van der Waals surface area contributed by atoms with Gasteiger partial charge in [-0.15, -0.1) is 0 Å². The summed E-state index contributed by atoms with van der Waals surface area (Å²) < 4.78 is 2.03. The molecule has 1 N–H and O–H groups in total. The predicted octanol–water partition coefficient (Wildman–Crippen LogP) is 1.26. The van der Waals surface area contributed by atoms with Gasteiger partial charge in [-0.25, -0.2) is 0 Å². The van der Waals surface area contributed by atoms with Crippen molar-refractivity contribution in [2.45, 2.75) is 38.9 Å². The molecule has 2 rings (SSSR count). The number of hydrogen-bond donors (Lipinski definition) is 1. The first-order valence-electron chi connectivity index (χ1n) is 6.11. The highest BCUT2D eigenvalue weighted by Gasteiger charge is 2.21. The first-order chi connectivity index (χ1) is 7.69. The van der Waals surface area contributed by atoms with Crippen LogP contribution in [-0.2, 0) is 6.54 Å². The standard InChI is InChI=1S/C12H22N4/c1-10(2)16-8-11(6-14-16)7-15-5-4-12(9-15)13-3/h6,8,10,12-13H,4-5,7,9H2,1-3H3. The van der Waals surface area contributed by atoms with Crippen molar-refractivity contribution in [3.63, 3.8) is 0 Å². The Kier molecular flexibility index (Phi) is 3.61. The highest BCUT2D eigenvalue weighted by Crippen LogP contribution is 2.13. The molecule has 1 aliphatic rings. The average molecular weight is 222 g/mol. The fraction of sp³-hybridized carbons (Fsp3) is 0.750. The predicted molar refractivity (Wildman–Crippen MR) is 65.4 cm³/mol. The van der Waals surface area contributed by atoms with E-state index in [0.717, 1.165) is 13.1 Å². The van der Waals surface area contributed by atoms with Crippen LogP contribution in [-0.4, -0.2) is 40.9 Å². The molecule has 0 aliphatic carbocycles. The minimum atomic E-state index is 0.456. The monoisotopic (exact) mass is 222 g/mol. The second-order valence-corrected chi connectivity index (χ2v) is 4.93. The van der Waals surface area contributed by atoms with Crippen molar-refractivity contribution in [3.8, 4) is 0 Å². The van der Waals surface area contributed by atoms with Crippen LogP contribution in [0.25, 0.3) is 0 Å². The Hall–Kier alpha value is -0.870. The minimum absolute atomic E-state index is 0.456. The van der Waals surface area contributed by atoms with E-state index in [2.05, 4.69) is 35.4 Å². The molecule has 16 heavy (non-hydrogen) atoms. The Bertz CT molecular complexity index is 332. The van der Waals surface area contributed by atoms with Gasteiger partial charge in [0.25, 0.3) is 0 Å². The molecule has 0 saturated carbocycles. The van der Waals surface area contributed by atoms with Gasteiger partial charge in [0.1, 0.15) is 0 Å². The first kappa shape index (κ1) is 11.6. The van der Waals surface area contributed by atoms with Crippen molar-refractivity contribution in [2.24, 2.45) is 0 Å². The summed E-state index contributed by atoms with van der Waals surface area (Å²) in [4.78, 5) is 2.49. The number of hydrogen-bond acceptors (Lipinski definition) is 3. The van der Waals surface area contributed by atoms with Crippen molar-refractivity contribution in [1.82, 2.24) is 20.0 Å². The van der Waals surface area contributed by atoms with Crippen LogP contribution < -0.4 is 5.32 Å². The highest BCUT2D eigenvalue weighted by molar-refractivity contribution is 5.05. The molecule has 4 nitrogen and oxygen atoms in total. The maximum absolute atomic E-state index is 4.37. The van der Waals surface area contributed by atoms with Crippen LogP contribution >= 0.6 is 0 Å². The van der Waals surface area contributed by atoms with Crippen LogP contribution in [0.4, 0.5) is 0 Å². The molecule has 0 radical (unpaired) electrons. The number of likely N-dealkylation sites (N-methyl/N-ethyl adjacent to an activating group) is 1. The molecule has 1 unspecified atom stereocenters. The SMILES string of the molecule is CNC1CCN(Cc2cnn(C(C)C)c2)C1. The Balaban J connectivity index is 1.89. The quantitative estimate of drug-likeness (QED) is 0.832. The fourth-order valence-corrected chi connectivity index (χ4v) is 2.21. The zero-order valence-electron chi connectivity index (χ0n) is 10.5. The van der Waals surface area contributed by atoms with Crippen LogP contribution in [0.15, 0.2) is 12.4 Å². The van der Waals surface area contributed by atoms with E-state index in [1.807, 2.05) is 17.9 Å². The fourth-order valence-electron chi connectivity index (χ4n) is 2.21. The lowest BCUT2D eigenvalue weighted by atomic mass is 10.3. The van der Waals surface area contributed by atoms with E-state index >= 15 is 0 Å². The van der Waals surface area contributed by atoms with E-state index in [1.165, 1.54) is 18.5 Å². The van der Waals surface area contributed by atoms with Gasteiger partial charge >= 0.3 is 0 Å². The minimum Gasteiger partial charge on any atom is -0.316 e. The number of aromatic nitrogens is 2. The van der Waals surface area contributed by atoms with Crippen LogP contribution in [0.5, 0.6) is 0 Å². The number of nitrogens with zero attached hydrogens (tertiary/aromatic N) is 3. The summed E-state index contributed by atoms with van der Waals surface area (Å²) in [6, 6.07) is 1.12. The van der Waals surface area contributed by atoms with Crippen LogP contribution in [0, 0.1) is 0 Å². The van der Waals surface area contributed by atoms with Crippen molar-refractivity contribution in [3.05, 3.63) is 18.0 Å². The zero-order chi connectivity index (χ0) is 11.5. The molecule has 1 atom stereocenters. The lowest BCUT2D eigenvalue weighted by Crippen LogP contribution is -2.29. The molecular formula is C12H22N4. The second-order valence-electron chi connectivity index (χ2n) is 4.93. The van der Waals surface area contributed by atoms with Crippen molar-refractivity contribution < 1.29 is 0 Å². The van der Waals surface area contributed by atoms with Gasteiger partial charge in [-0.2, -0.15) is 5.10 Å². The van der Waals surface area contributed by atoms with Gasteiger partial charge in [-0.3, -0.25) is 9.58 Å².